The van der Waals surface area contributed by atoms with Crippen LogP contribution in [0, 0.1) is 0 Å². The lowest BCUT2D eigenvalue weighted by Gasteiger charge is -2.20. The lowest BCUT2D eigenvalue weighted by molar-refractivity contribution is 0.196. The monoisotopic (exact) mass is 262 g/mol. The molecule has 0 atom stereocenters. The molecule has 3 nitrogen and oxygen atoms in total. The predicted molar refractivity (Wildman–Crippen MR) is 80.8 cm³/mol. The zero-order valence-corrected chi connectivity index (χ0v) is 12.4. The van der Waals surface area contributed by atoms with Crippen LogP contribution in [0.1, 0.15) is 31.4 Å². The number of nitrogens with one attached hydrogen (secondary N) is 1. The Balaban J connectivity index is 1.99. The number of methoxy groups -OCH3 is 1. The zero-order valence-electron chi connectivity index (χ0n) is 12.4. The lowest BCUT2D eigenvalue weighted by atomic mass is 10.1. The molecule has 0 amide bonds. The van der Waals surface area contributed by atoms with Crippen molar-refractivity contribution in [3.63, 3.8) is 0 Å². The van der Waals surface area contributed by atoms with Gasteiger partial charge in [-0.3, -0.25) is 0 Å². The Morgan fingerprint density at radius 2 is 2.21 bits per heavy atom. The number of hydrogen-bond donors (Lipinski definition) is 1. The van der Waals surface area contributed by atoms with E-state index in [1.807, 2.05) is 0 Å². The molecule has 0 bridgehead atoms. The molecular formula is C16H26N2O. The van der Waals surface area contributed by atoms with E-state index in [1.54, 1.807) is 7.11 Å². The maximum Gasteiger partial charge on any atom is 0.0479 e. The molecule has 1 aliphatic rings. The van der Waals surface area contributed by atoms with E-state index < -0.39 is 0 Å². The minimum Gasteiger partial charge on any atom is -0.385 e. The summed E-state index contributed by atoms with van der Waals surface area (Å²) in [5, 5.41) is 3.48. The lowest BCUT2D eigenvalue weighted by Crippen LogP contribution is -2.23. The molecule has 0 fully saturated rings. The zero-order chi connectivity index (χ0) is 13.7. The van der Waals surface area contributed by atoms with E-state index >= 15 is 0 Å². The fourth-order valence-electron chi connectivity index (χ4n) is 2.56. The molecule has 3 heteroatoms. The number of nitrogens with zero attached hydrogens (tertiary/aromatic N) is 1. The Kier molecular flexibility index (Phi) is 5.23. The first-order valence-electron chi connectivity index (χ1n) is 7.30. The van der Waals surface area contributed by atoms with Crippen molar-refractivity contribution >= 4 is 5.69 Å². The van der Waals surface area contributed by atoms with E-state index in [-0.39, 0.29) is 0 Å². The summed E-state index contributed by atoms with van der Waals surface area (Å²) in [5.41, 5.74) is 4.30. The molecule has 1 aromatic rings. The second-order valence-corrected chi connectivity index (χ2v) is 5.58. The first kappa shape index (κ1) is 14.4. The summed E-state index contributed by atoms with van der Waals surface area (Å²) in [6.07, 6.45) is 2.28. The number of anilines is 1. The highest BCUT2D eigenvalue weighted by molar-refractivity contribution is 5.59. The van der Waals surface area contributed by atoms with E-state index in [9.17, 15) is 0 Å². The quantitative estimate of drug-likeness (QED) is 0.764. The number of fused-ring (bicyclic) bond motifs is 1. The highest BCUT2D eigenvalue weighted by Gasteiger charge is 2.18. The third-order valence-corrected chi connectivity index (χ3v) is 3.63. The van der Waals surface area contributed by atoms with Gasteiger partial charge in [-0.2, -0.15) is 0 Å². The Hall–Kier alpha value is -1.06. The fraction of sp³-hybridized carbons (Fsp3) is 0.625. The molecule has 0 unspecified atom stereocenters. The summed E-state index contributed by atoms with van der Waals surface area (Å²) in [4.78, 5) is 2.49. The van der Waals surface area contributed by atoms with Crippen LogP contribution in [0.4, 0.5) is 5.69 Å². The minimum atomic E-state index is 0.533. The Morgan fingerprint density at radius 3 is 2.95 bits per heavy atom. The van der Waals surface area contributed by atoms with Crippen LogP contribution in [-0.2, 0) is 17.7 Å². The van der Waals surface area contributed by atoms with Crippen LogP contribution in [-0.4, -0.2) is 32.8 Å². The molecule has 106 valence electrons. The van der Waals surface area contributed by atoms with Crippen LogP contribution in [0.5, 0.6) is 0 Å². The summed E-state index contributed by atoms with van der Waals surface area (Å²) in [5.74, 6) is 0. The third-order valence-electron chi connectivity index (χ3n) is 3.63. The van der Waals surface area contributed by atoms with Gasteiger partial charge in [-0.15, -0.1) is 0 Å². The fourth-order valence-corrected chi connectivity index (χ4v) is 2.56. The van der Waals surface area contributed by atoms with Gasteiger partial charge < -0.3 is 15.0 Å². The molecule has 0 aromatic heterocycles. The van der Waals surface area contributed by atoms with Gasteiger partial charge in [0, 0.05) is 45.1 Å². The Labute approximate surface area is 116 Å². The molecule has 0 radical (unpaired) electrons. The van der Waals surface area contributed by atoms with E-state index in [4.69, 9.17) is 4.74 Å². The van der Waals surface area contributed by atoms with Gasteiger partial charge in [-0.1, -0.05) is 26.0 Å². The molecular weight excluding hydrogens is 236 g/mol. The van der Waals surface area contributed by atoms with Crippen LogP contribution >= 0.6 is 0 Å². The van der Waals surface area contributed by atoms with E-state index in [0.717, 1.165) is 32.7 Å². The van der Waals surface area contributed by atoms with Gasteiger partial charge in [0.1, 0.15) is 0 Å². The summed E-state index contributed by atoms with van der Waals surface area (Å²) in [6, 6.07) is 7.44. The molecule has 0 saturated heterocycles. The van der Waals surface area contributed by atoms with Crippen LogP contribution in [0.2, 0.25) is 0 Å². The van der Waals surface area contributed by atoms with Gasteiger partial charge in [-0.25, -0.2) is 0 Å². The molecule has 2 rings (SSSR count). The normalized spacial score (nSPS) is 14.2. The maximum atomic E-state index is 5.14. The highest BCUT2D eigenvalue weighted by atomic mass is 16.5. The average molecular weight is 262 g/mol. The summed E-state index contributed by atoms with van der Waals surface area (Å²) >= 11 is 0. The van der Waals surface area contributed by atoms with Crippen molar-refractivity contribution in [3.05, 3.63) is 29.3 Å². The molecule has 1 N–H and O–H groups in total. The number of hydrogen-bond acceptors (Lipinski definition) is 3. The van der Waals surface area contributed by atoms with Gasteiger partial charge in [0.25, 0.3) is 0 Å². The smallest absolute Gasteiger partial charge is 0.0479 e. The minimum absolute atomic E-state index is 0.533. The molecule has 1 heterocycles. The van der Waals surface area contributed by atoms with Crippen molar-refractivity contribution in [2.75, 3.05) is 31.7 Å². The largest absolute Gasteiger partial charge is 0.385 e. The van der Waals surface area contributed by atoms with Crippen molar-refractivity contribution in [2.45, 2.75) is 39.3 Å². The first-order chi connectivity index (χ1) is 9.20. The topological polar surface area (TPSA) is 24.5 Å². The molecule has 0 spiro atoms. The Bertz CT molecular complexity index is 404. The molecule has 1 aromatic carbocycles. The molecule has 0 saturated carbocycles. The Morgan fingerprint density at radius 1 is 1.37 bits per heavy atom. The number of ether oxygens (including phenoxy) is 1. The van der Waals surface area contributed by atoms with Crippen molar-refractivity contribution in [2.24, 2.45) is 0 Å². The summed E-state index contributed by atoms with van der Waals surface area (Å²) in [7, 11) is 1.77. The SMILES string of the molecule is COCCCN1CCc2ccc(CNC(C)C)cc21. The van der Waals surface area contributed by atoms with E-state index in [0.29, 0.717) is 6.04 Å². The molecule has 19 heavy (non-hydrogen) atoms. The van der Waals surface area contributed by atoms with Gasteiger partial charge in [0.15, 0.2) is 0 Å². The second-order valence-electron chi connectivity index (χ2n) is 5.58. The molecule has 1 aliphatic heterocycles. The van der Waals surface area contributed by atoms with Crippen molar-refractivity contribution in [1.29, 1.82) is 0 Å². The van der Waals surface area contributed by atoms with E-state index in [1.165, 1.54) is 23.2 Å². The van der Waals surface area contributed by atoms with Crippen LogP contribution in [0.3, 0.4) is 0 Å². The first-order valence-corrected chi connectivity index (χ1v) is 7.30. The van der Waals surface area contributed by atoms with Gasteiger partial charge >= 0.3 is 0 Å². The van der Waals surface area contributed by atoms with Crippen LogP contribution in [0.15, 0.2) is 18.2 Å². The summed E-state index contributed by atoms with van der Waals surface area (Å²) < 4.78 is 5.14. The maximum absolute atomic E-state index is 5.14. The van der Waals surface area contributed by atoms with Gasteiger partial charge in [-0.05, 0) is 30.0 Å². The third kappa shape index (κ3) is 3.95. The standard InChI is InChI=1S/C16H26N2O/c1-13(2)17-12-14-5-6-15-7-9-18(16(15)11-14)8-4-10-19-3/h5-6,11,13,17H,4,7-10,12H2,1-3H3. The average Bonchev–Trinajstić information content (AvgIpc) is 2.79. The number of rotatable bonds is 7. The van der Waals surface area contributed by atoms with Gasteiger partial charge in [0.2, 0.25) is 0 Å². The van der Waals surface area contributed by atoms with Gasteiger partial charge in [0.05, 0.1) is 0 Å². The second kappa shape index (κ2) is 6.92. The molecule has 0 aliphatic carbocycles. The predicted octanol–water partition coefficient (Wildman–Crippen LogP) is 2.58. The van der Waals surface area contributed by atoms with Crippen LogP contribution in [0.25, 0.3) is 0 Å². The van der Waals surface area contributed by atoms with E-state index in [2.05, 4.69) is 42.3 Å². The van der Waals surface area contributed by atoms with Crippen molar-refractivity contribution < 1.29 is 4.74 Å². The summed E-state index contributed by atoms with van der Waals surface area (Å²) in [6.45, 7) is 8.42. The number of benzene rings is 1. The highest BCUT2D eigenvalue weighted by Crippen LogP contribution is 2.29. The van der Waals surface area contributed by atoms with Crippen LogP contribution < -0.4 is 10.2 Å². The van der Waals surface area contributed by atoms with Crippen molar-refractivity contribution in [1.82, 2.24) is 5.32 Å². The van der Waals surface area contributed by atoms with Crippen molar-refractivity contribution in [3.8, 4) is 0 Å².